The zero-order valence-corrected chi connectivity index (χ0v) is 35.1. The molecular weight excluding hydrogens is 781 g/mol. The fourth-order valence-electron chi connectivity index (χ4n) is 9.35. The number of benzene rings is 9. The van der Waals surface area contributed by atoms with Crippen LogP contribution in [0, 0.1) is 12.1 Å². The number of fused-ring (bicyclic) bond motifs is 6. The molecule has 63 heavy (non-hydrogen) atoms. The number of hydrogen-bond donors (Lipinski definition) is 0. The van der Waals surface area contributed by atoms with Crippen LogP contribution in [0.1, 0.15) is 0 Å². The van der Waals surface area contributed by atoms with Gasteiger partial charge in [-0.25, -0.2) is 0 Å². The van der Waals surface area contributed by atoms with Gasteiger partial charge < -0.3 is 9.47 Å². The molecule has 0 bridgehead atoms. The van der Waals surface area contributed by atoms with E-state index in [9.17, 15) is 0 Å². The highest BCUT2D eigenvalue weighted by molar-refractivity contribution is 7.26. The van der Waals surface area contributed by atoms with Gasteiger partial charge in [-0.05, 0) is 106 Å². The lowest BCUT2D eigenvalue weighted by Crippen LogP contribution is -2.11. The number of rotatable bonds is 8. The first-order chi connectivity index (χ1) is 31.3. The molecule has 0 aliphatic carbocycles. The maximum absolute atomic E-state index is 3.54. The highest BCUT2D eigenvalue weighted by atomic mass is 32.1. The molecule has 0 aliphatic rings. The van der Waals surface area contributed by atoms with Crippen molar-refractivity contribution in [2.24, 2.45) is 0 Å². The molecular formula is C60H38N2S. The number of aromatic nitrogens is 1. The van der Waals surface area contributed by atoms with E-state index >= 15 is 0 Å². The van der Waals surface area contributed by atoms with Crippen LogP contribution in [0.2, 0.25) is 0 Å². The molecule has 2 aromatic heterocycles. The Bertz CT molecular complexity index is 3600. The molecule has 2 heterocycles. The van der Waals surface area contributed by atoms with Crippen LogP contribution in [0.5, 0.6) is 0 Å². The van der Waals surface area contributed by atoms with Crippen LogP contribution in [-0.4, -0.2) is 4.57 Å². The molecule has 0 atom stereocenters. The maximum Gasteiger partial charge on any atom is 0.105 e. The van der Waals surface area contributed by atoms with Crippen molar-refractivity contribution in [1.29, 1.82) is 0 Å². The van der Waals surface area contributed by atoms with Gasteiger partial charge in [0.15, 0.2) is 0 Å². The maximum atomic E-state index is 3.54. The van der Waals surface area contributed by atoms with Gasteiger partial charge in [0, 0.05) is 43.2 Å². The topological polar surface area (TPSA) is 8.17 Å². The molecule has 12 aromatic rings. The minimum Gasteiger partial charge on any atom is -0.310 e. The number of thiophene rings is 1. The van der Waals surface area contributed by atoms with Gasteiger partial charge in [-0.15, -0.1) is 11.3 Å². The lowest BCUT2D eigenvalue weighted by atomic mass is 9.97. The molecule has 0 N–H and O–H groups in total. The summed E-state index contributed by atoms with van der Waals surface area (Å²) in [5, 5.41) is 4.92. The second-order valence-corrected chi connectivity index (χ2v) is 17.0. The van der Waals surface area contributed by atoms with Gasteiger partial charge in [0.1, 0.15) is 5.52 Å². The van der Waals surface area contributed by atoms with Crippen LogP contribution >= 0.6 is 11.3 Å². The molecule has 2 nitrogen and oxygen atoms in total. The summed E-state index contributed by atoms with van der Waals surface area (Å²) in [7, 11) is 0. The summed E-state index contributed by atoms with van der Waals surface area (Å²) < 4.78 is 4.95. The van der Waals surface area contributed by atoms with Crippen LogP contribution in [-0.2, 0) is 0 Å². The van der Waals surface area contributed by atoms with Gasteiger partial charge in [-0.3, -0.25) is 0 Å². The Balaban J connectivity index is 1.01. The number of para-hydroxylation sites is 1. The van der Waals surface area contributed by atoms with Gasteiger partial charge in [0.05, 0.1) is 21.6 Å². The minimum absolute atomic E-state index is 1.02. The van der Waals surface area contributed by atoms with Crippen molar-refractivity contribution in [1.82, 2.24) is 4.57 Å². The zero-order valence-electron chi connectivity index (χ0n) is 34.2. The predicted molar refractivity (Wildman–Crippen MR) is 268 cm³/mol. The summed E-state index contributed by atoms with van der Waals surface area (Å²) in [4.78, 5) is 2.41. The van der Waals surface area contributed by atoms with Crippen LogP contribution in [0.15, 0.2) is 231 Å². The molecule has 0 saturated heterocycles. The average molecular weight is 819 g/mol. The normalized spacial score (nSPS) is 11.4. The van der Waals surface area contributed by atoms with E-state index in [4.69, 9.17) is 0 Å². The molecule has 0 fully saturated rings. The molecule has 3 heteroatoms. The third kappa shape index (κ3) is 6.36. The van der Waals surface area contributed by atoms with Crippen LogP contribution in [0.25, 0.3) is 92.2 Å². The lowest BCUT2D eigenvalue weighted by Gasteiger charge is -2.28. The summed E-state index contributed by atoms with van der Waals surface area (Å²) in [6.45, 7) is 0. The van der Waals surface area contributed by atoms with E-state index in [1.807, 2.05) is 17.4 Å². The van der Waals surface area contributed by atoms with Crippen LogP contribution < -0.4 is 4.90 Å². The second kappa shape index (κ2) is 15.4. The minimum atomic E-state index is 1.02. The SMILES string of the molecule is c1ccc2c3c(-c4cccc(N(c5ccc(-c6ccc(-c7ccccc7)cc6)cc5)c5ccccc5-c5ccccc5)c4)cccc3n(-c3cccc4c3sc3ccccc34)c2c#1. The molecule has 0 unspecified atom stereocenters. The third-order valence-corrected chi connectivity index (χ3v) is 13.5. The lowest BCUT2D eigenvalue weighted by molar-refractivity contribution is 1.20. The fraction of sp³-hybridized carbons (Fsp3) is 0. The average Bonchev–Trinajstić information content (AvgIpc) is 3.91. The van der Waals surface area contributed by atoms with Crippen molar-refractivity contribution in [3.05, 3.63) is 243 Å². The smallest absolute Gasteiger partial charge is 0.105 e. The van der Waals surface area contributed by atoms with E-state index in [2.05, 4.69) is 246 Å². The van der Waals surface area contributed by atoms with Crippen molar-refractivity contribution >= 4 is 70.4 Å². The summed E-state index contributed by atoms with van der Waals surface area (Å²) >= 11 is 1.85. The molecule has 12 rings (SSSR count). The Kier molecular flexibility index (Phi) is 8.96. The van der Waals surface area contributed by atoms with Gasteiger partial charge in [0.25, 0.3) is 0 Å². The molecule has 0 radical (unpaired) electrons. The van der Waals surface area contributed by atoms with E-state index in [1.54, 1.807) is 0 Å². The quantitative estimate of drug-likeness (QED) is 0.148. The van der Waals surface area contributed by atoms with E-state index < -0.39 is 0 Å². The largest absolute Gasteiger partial charge is 0.310 e. The third-order valence-electron chi connectivity index (χ3n) is 12.3. The van der Waals surface area contributed by atoms with Gasteiger partial charge in [-0.1, -0.05) is 176 Å². The van der Waals surface area contributed by atoms with E-state index in [0.29, 0.717) is 0 Å². The standard InChI is InChI=1S/C60H38N2S/c1-3-16-41(17-4-1)42-32-34-43(35-33-42)44-36-38-47(39-37-44)61(54-27-10-7-22-49(54)45-18-5-2-6-19-45)48-21-13-20-46(40-48)50-25-14-29-56-59(50)53-24-8-11-28-55(53)62(56)57-30-15-26-52-51-23-9-12-31-58(51)63-60(52)57/h1-10,12-27,29-40H. The van der Waals surface area contributed by atoms with Crippen molar-refractivity contribution in [3.63, 3.8) is 0 Å². The molecule has 0 spiro atoms. The number of anilines is 3. The molecule has 0 amide bonds. The Labute approximate surface area is 370 Å². The van der Waals surface area contributed by atoms with Gasteiger partial charge >= 0.3 is 0 Å². The fourth-order valence-corrected chi connectivity index (χ4v) is 10.6. The molecule has 0 saturated carbocycles. The summed E-state index contributed by atoms with van der Waals surface area (Å²) in [6, 6.07) is 90.0. The monoisotopic (exact) mass is 818 g/mol. The molecule has 0 aliphatic heterocycles. The van der Waals surface area contributed by atoms with Crippen molar-refractivity contribution in [2.75, 3.05) is 4.90 Å². The zero-order chi connectivity index (χ0) is 41.7. The molecule has 10 aromatic carbocycles. The number of nitrogens with zero attached hydrogens (tertiary/aromatic N) is 2. The summed E-state index contributed by atoms with van der Waals surface area (Å²) in [5.41, 5.74) is 16.0. The Morgan fingerprint density at radius 1 is 0.413 bits per heavy atom. The highest BCUT2D eigenvalue weighted by Gasteiger charge is 2.21. The first kappa shape index (κ1) is 36.7. The van der Waals surface area contributed by atoms with Crippen molar-refractivity contribution in [2.45, 2.75) is 0 Å². The van der Waals surface area contributed by atoms with Crippen molar-refractivity contribution < 1.29 is 0 Å². The first-order valence-electron chi connectivity index (χ1n) is 21.3. The molecule has 294 valence electrons. The van der Waals surface area contributed by atoms with Crippen LogP contribution in [0.3, 0.4) is 0 Å². The number of hydrogen-bond acceptors (Lipinski definition) is 2. The Morgan fingerprint density at radius 2 is 1.02 bits per heavy atom. The summed E-state index contributed by atoms with van der Waals surface area (Å²) in [6.07, 6.45) is 0. The highest BCUT2D eigenvalue weighted by Crippen LogP contribution is 2.45. The first-order valence-corrected chi connectivity index (χ1v) is 22.2. The Hall–Kier alpha value is -8.16. The van der Waals surface area contributed by atoms with Gasteiger partial charge in [-0.2, -0.15) is 0 Å². The summed E-state index contributed by atoms with van der Waals surface area (Å²) in [5.74, 6) is 0. The van der Waals surface area contributed by atoms with E-state index in [1.165, 1.54) is 58.9 Å². The van der Waals surface area contributed by atoms with Gasteiger partial charge in [0.2, 0.25) is 0 Å². The Morgan fingerprint density at radius 3 is 1.81 bits per heavy atom. The second-order valence-electron chi connectivity index (χ2n) is 15.9. The van der Waals surface area contributed by atoms with Crippen molar-refractivity contribution in [3.8, 4) is 50.2 Å². The predicted octanol–water partition coefficient (Wildman–Crippen LogP) is 16.9. The van der Waals surface area contributed by atoms with Crippen LogP contribution in [0.4, 0.5) is 17.1 Å². The van der Waals surface area contributed by atoms with E-state index in [0.717, 1.165) is 50.3 Å². The van der Waals surface area contributed by atoms with E-state index in [-0.39, 0.29) is 0 Å².